The van der Waals surface area contributed by atoms with Crippen molar-refractivity contribution >= 4 is 29.5 Å². The van der Waals surface area contributed by atoms with Crippen molar-refractivity contribution in [1.29, 1.82) is 0 Å². The van der Waals surface area contributed by atoms with Crippen molar-refractivity contribution in [2.24, 2.45) is 0 Å². The third-order valence-electron chi connectivity index (χ3n) is 2.93. The number of hydrogen-bond donors (Lipinski definition) is 1. The van der Waals surface area contributed by atoms with Crippen molar-refractivity contribution in [3.63, 3.8) is 0 Å². The Bertz CT molecular complexity index is 728. The van der Waals surface area contributed by atoms with Crippen LogP contribution in [-0.2, 0) is 10.5 Å². The lowest BCUT2D eigenvalue weighted by Crippen LogP contribution is -2.34. The molecule has 9 heteroatoms. The molecule has 0 fully saturated rings. The fourth-order valence-electron chi connectivity index (χ4n) is 1.80. The molecule has 1 heterocycles. The van der Waals surface area contributed by atoms with Gasteiger partial charge in [0, 0.05) is 16.3 Å². The lowest BCUT2D eigenvalue weighted by atomic mass is 10.2. The highest BCUT2D eigenvalue weighted by Crippen LogP contribution is 2.28. The minimum atomic E-state index is -0.599. The lowest BCUT2D eigenvalue weighted by molar-refractivity contribution is 0.0500. The van der Waals surface area contributed by atoms with Crippen LogP contribution in [0.1, 0.15) is 45.2 Å². The highest BCUT2D eigenvalue weighted by Gasteiger charge is 2.21. The van der Waals surface area contributed by atoms with Gasteiger partial charge in [0.15, 0.2) is 0 Å². The summed E-state index contributed by atoms with van der Waals surface area (Å²) in [5.74, 6) is 0.0915. The second-order valence-electron chi connectivity index (χ2n) is 6.26. The van der Waals surface area contributed by atoms with Gasteiger partial charge in [0.05, 0.1) is 0 Å². The monoisotopic (exact) mass is 387 g/mol. The van der Waals surface area contributed by atoms with Crippen LogP contribution in [0.3, 0.4) is 0 Å². The van der Waals surface area contributed by atoms with E-state index < -0.39 is 17.7 Å². The van der Waals surface area contributed by atoms with Gasteiger partial charge in [-0.1, -0.05) is 29.4 Å². The topological polar surface area (TPSA) is 77.2 Å². The fourth-order valence-corrected chi connectivity index (χ4v) is 2.92. The minimum absolute atomic E-state index is 0.230. The van der Waals surface area contributed by atoms with Crippen molar-refractivity contribution < 1.29 is 18.3 Å². The molecule has 6 nitrogen and oxygen atoms in total. The number of rotatable bonds is 5. The number of benzene rings is 1. The Balaban J connectivity index is 1.94. The Labute approximate surface area is 154 Å². The standard InChI is InChI=1S/C16H19ClFN3O3S/c1-9(19-14(22)24-16(2,3)4)13-20-21-15(23-13)25-8-10-11(17)6-5-7-12(10)18/h5-7,9H,8H2,1-4H3,(H,19,22). The van der Waals surface area contributed by atoms with Crippen LogP contribution in [-0.4, -0.2) is 21.9 Å². The van der Waals surface area contributed by atoms with Crippen molar-refractivity contribution in [2.75, 3.05) is 0 Å². The van der Waals surface area contributed by atoms with Crippen LogP contribution in [0.15, 0.2) is 27.8 Å². The van der Waals surface area contributed by atoms with Gasteiger partial charge in [-0.15, -0.1) is 10.2 Å². The van der Waals surface area contributed by atoms with Crippen molar-refractivity contribution in [3.8, 4) is 0 Å². The van der Waals surface area contributed by atoms with E-state index in [2.05, 4.69) is 15.5 Å². The summed E-state index contributed by atoms with van der Waals surface area (Å²) in [7, 11) is 0. The van der Waals surface area contributed by atoms with E-state index in [1.807, 2.05) is 0 Å². The normalized spacial score (nSPS) is 12.7. The van der Waals surface area contributed by atoms with Crippen LogP contribution in [0.4, 0.5) is 9.18 Å². The number of alkyl carbamates (subject to hydrolysis) is 1. The Morgan fingerprint density at radius 1 is 1.44 bits per heavy atom. The molecule has 1 aromatic heterocycles. The van der Waals surface area contributed by atoms with E-state index in [9.17, 15) is 9.18 Å². The molecule has 136 valence electrons. The largest absolute Gasteiger partial charge is 0.444 e. The molecule has 0 aliphatic heterocycles. The van der Waals surface area contributed by atoms with Gasteiger partial charge in [-0.05, 0) is 39.8 Å². The zero-order valence-corrected chi connectivity index (χ0v) is 15.9. The molecule has 1 aromatic carbocycles. The van der Waals surface area contributed by atoms with E-state index in [-0.39, 0.29) is 22.7 Å². The minimum Gasteiger partial charge on any atom is -0.444 e. The molecule has 0 saturated heterocycles. The first-order chi connectivity index (χ1) is 11.7. The van der Waals surface area contributed by atoms with Crippen LogP contribution in [0.25, 0.3) is 0 Å². The number of nitrogens with zero attached hydrogens (tertiary/aromatic N) is 2. The maximum Gasteiger partial charge on any atom is 0.408 e. The number of thioether (sulfide) groups is 1. The van der Waals surface area contributed by atoms with E-state index in [0.29, 0.717) is 10.6 Å². The highest BCUT2D eigenvalue weighted by molar-refractivity contribution is 7.98. The molecule has 1 unspecified atom stereocenters. The van der Waals surface area contributed by atoms with Crippen LogP contribution in [0.2, 0.25) is 5.02 Å². The fraction of sp³-hybridized carbons (Fsp3) is 0.438. The molecule has 0 spiro atoms. The van der Waals surface area contributed by atoms with E-state index in [1.54, 1.807) is 39.8 Å². The molecule has 0 aliphatic carbocycles. The second kappa shape index (κ2) is 8.05. The molecule has 1 N–H and O–H groups in total. The number of nitrogens with one attached hydrogen (secondary N) is 1. The molecule has 2 aromatic rings. The summed E-state index contributed by atoms with van der Waals surface area (Å²) in [6.07, 6.45) is -0.578. The van der Waals surface area contributed by atoms with Crippen LogP contribution in [0, 0.1) is 5.82 Å². The Morgan fingerprint density at radius 2 is 2.16 bits per heavy atom. The SMILES string of the molecule is CC(NC(=O)OC(C)(C)C)c1nnc(SCc2c(F)cccc2Cl)o1. The zero-order chi connectivity index (χ0) is 18.6. The molecule has 2 rings (SSSR count). The molecule has 0 aliphatic rings. The summed E-state index contributed by atoms with van der Waals surface area (Å²) in [5.41, 5.74) is -0.229. The number of carbonyl (C=O) groups excluding carboxylic acids is 1. The second-order valence-corrected chi connectivity index (χ2v) is 7.60. The van der Waals surface area contributed by atoms with E-state index in [4.69, 9.17) is 20.8 Å². The summed E-state index contributed by atoms with van der Waals surface area (Å²) in [4.78, 5) is 11.8. The quantitative estimate of drug-likeness (QED) is 0.746. The van der Waals surface area contributed by atoms with E-state index >= 15 is 0 Å². The third kappa shape index (κ3) is 5.89. The number of aromatic nitrogens is 2. The van der Waals surface area contributed by atoms with Crippen LogP contribution in [0.5, 0.6) is 0 Å². The van der Waals surface area contributed by atoms with Gasteiger partial charge in [0.25, 0.3) is 5.22 Å². The number of amides is 1. The first-order valence-electron chi connectivity index (χ1n) is 7.54. The number of hydrogen-bond acceptors (Lipinski definition) is 6. The van der Waals surface area contributed by atoms with Crippen LogP contribution >= 0.6 is 23.4 Å². The maximum absolute atomic E-state index is 13.7. The van der Waals surface area contributed by atoms with Gasteiger partial charge >= 0.3 is 6.09 Å². The van der Waals surface area contributed by atoms with Crippen molar-refractivity contribution in [1.82, 2.24) is 15.5 Å². The molecule has 0 radical (unpaired) electrons. The highest BCUT2D eigenvalue weighted by atomic mass is 35.5. The van der Waals surface area contributed by atoms with Gasteiger partial charge in [-0.25, -0.2) is 9.18 Å². The molecular weight excluding hydrogens is 369 g/mol. The summed E-state index contributed by atoms with van der Waals surface area (Å²) in [6, 6.07) is 3.98. The average Bonchev–Trinajstić information content (AvgIpc) is 2.93. The number of halogens is 2. The molecular formula is C16H19ClFN3O3S. The van der Waals surface area contributed by atoms with Gasteiger partial charge < -0.3 is 14.5 Å². The smallest absolute Gasteiger partial charge is 0.408 e. The Hall–Kier alpha value is -1.80. The van der Waals surface area contributed by atoms with Gasteiger partial charge in [-0.2, -0.15) is 0 Å². The Morgan fingerprint density at radius 3 is 2.80 bits per heavy atom. The molecule has 1 atom stereocenters. The van der Waals surface area contributed by atoms with Crippen molar-refractivity contribution in [3.05, 3.63) is 40.5 Å². The number of carbonyl (C=O) groups is 1. The van der Waals surface area contributed by atoms with Gasteiger partial charge in [0.2, 0.25) is 5.89 Å². The Kier molecular flexibility index (Phi) is 6.29. The average molecular weight is 388 g/mol. The predicted molar refractivity (Wildman–Crippen MR) is 93.1 cm³/mol. The molecule has 25 heavy (non-hydrogen) atoms. The molecule has 1 amide bonds. The summed E-state index contributed by atoms with van der Waals surface area (Å²) in [6.45, 7) is 7.01. The van der Waals surface area contributed by atoms with Gasteiger partial charge in [0.1, 0.15) is 17.5 Å². The zero-order valence-electron chi connectivity index (χ0n) is 14.3. The summed E-state index contributed by atoms with van der Waals surface area (Å²) in [5, 5.41) is 11.0. The summed E-state index contributed by atoms with van der Waals surface area (Å²) < 4.78 is 24.4. The van der Waals surface area contributed by atoms with E-state index in [0.717, 1.165) is 11.8 Å². The van der Waals surface area contributed by atoms with E-state index in [1.165, 1.54) is 6.07 Å². The van der Waals surface area contributed by atoms with Crippen molar-refractivity contribution in [2.45, 2.75) is 50.3 Å². The summed E-state index contributed by atoms with van der Waals surface area (Å²) >= 11 is 7.14. The third-order valence-corrected chi connectivity index (χ3v) is 4.13. The molecule has 0 bridgehead atoms. The first-order valence-corrected chi connectivity index (χ1v) is 8.90. The predicted octanol–water partition coefficient (Wildman–Crippen LogP) is 4.74. The lowest BCUT2D eigenvalue weighted by Gasteiger charge is -2.20. The number of ether oxygens (including phenoxy) is 1. The molecule has 0 saturated carbocycles. The van der Waals surface area contributed by atoms with Crippen LogP contribution < -0.4 is 5.32 Å². The maximum atomic E-state index is 13.7. The van der Waals surface area contributed by atoms with Gasteiger partial charge in [-0.3, -0.25) is 0 Å². The first kappa shape index (κ1) is 19.5.